The second kappa shape index (κ2) is 5.03. The molecule has 8 heteroatoms. The Morgan fingerprint density at radius 2 is 1.78 bits per heavy atom. The quantitative estimate of drug-likeness (QED) is 0.802. The molecule has 0 aliphatic carbocycles. The van der Waals surface area contributed by atoms with Crippen molar-refractivity contribution >= 4 is 11.9 Å². The number of carboxylic acids is 2. The fraction of sp³-hybridized carbons (Fsp3) is 0.300. The summed E-state index contributed by atoms with van der Waals surface area (Å²) in [5.74, 6) is -4.81. The van der Waals surface area contributed by atoms with Crippen molar-refractivity contribution in [2.45, 2.75) is 12.6 Å². The summed E-state index contributed by atoms with van der Waals surface area (Å²) >= 11 is 0. The van der Waals surface area contributed by atoms with Crippen LogP contribution in [0.3, 0.4) is 0 Å². The van der Waals surface area contributed by atoms with Crippen molar-refractivity contribution in [1.82, 2.24) is 4.98 Å². The minimum atomic E-state index is -4.59. The molecule has 0 amide bonds. The highest BCUT2D eigenvalue weighted by Gasteiger charge is 2.32. The van der Waals surface area contributed by atoms with E-state index in [9.17, 15) is 22.8 Å². The summed E-state index contributed by atoms with van der Waals surface area (Å²) in [5, 5.41) is 17.2. The van der Waals surface area contributed by atoms with E-state index in [4.69, 9.17) is 10.2 Å². The average molecular weight is 263 g/mol. The molecule has 0 aromatic carbocycles. The van der Waals surface area contributed by atoms with E-state index in [0.717, 1.165) is 12.3 Å². The van der Waals surface area contributed by atoms with Crippen molar-refractivity contribution in [3.05, 3.63) is 29.6 Å². The molecule has 0 saturated carbocycles. The van der Waals surface area contributed by atoms with Gasteiger partial charge in [-0.2, -0.15) is 13.2 Å². The molecule has 2 N–H and O–H groups in total. The molecule has 0 unspecified atom stereocenters. The molecule has 0 aliphatic rings. The number of carboxylic acid groups (broad SMARTS) is 2. The Morgan fingerprint density at radius 1 is 1.22 bits per heavy atom. The molecule has 0 saturated heterocycles. The lowest BCUT2D eigenvalue weighted by molar-refractivity contribution is -0.154. The van der Waals surface area contributed by atoms with E-state index in [1.807, 2.05) is 0 Å². The van der Waals surface area contributed by atoms with Gasteiger partial charge in [-0.3, -0.25) is 14.6 Å². The molecule has 5 nitrogen and oxygen atoms in total. The van der Waals surface area contributed by atoms with Gasteiger partial charge in [0.05, 0.1) is 0 Å². The number of carbonyl (C=O) groups is 2. The first-order valence-corrected chi connectivity index (χ1v) is 4.69. The van der Waals surface area contributed by atoms with Gasteiger partial charge in [0.15, 0.2) is 5.92 Å². The van der Waals surface area contributed by atoms with Crippen molar-refractivity contribution in [2.75, 3.05) is 0 Å². The topological polar surface area (TPSA) is 87.5 Å². The zero-order valence-corrected chi connectivity index (χ0v) is 8.81. The molecular weight excluding hydrogens is 255 g/mol. The molecule has 0 spiro atoms. The van der Waals surface area contributed by atoms with Gasteiger partial charge in [0.2, 0.25) is 0 Å². The molecule has 0 aliphatic heterocycles. The Labute approximate surface area is 98.9 Å². The Bertz CT molecular complexity index is 441. The summed E-state index contributed by atoms with van der Waals surface area (Å²) < 4.78 is 36.6. The predicted molar refractivity (Wildman–Crippen MR) is 51.7 cm³/mol. The molecule has 0 atom stereocenters. The van der Waals surface area contributed by atoms with E-state index in [1.54, 1.807) is 0 Å². The third-order valence-corrected chi connectivity index (χ3v) is 2.15. The van der Waals surface area contributed by atoms with Crippen LogP contribution in [0.2, 0.25) is 0 Å². The zero-order chi connectivity index (χ0) is 13.9. The number of alkyl halides is 3. The smallest absolute Gasteiger partial charge is 0.433 e. The van der Waals surface area contributed by atoms with E-state index in [0.29, 0.717) is 6.07 Å². The van der Waals surface area contributed by atoms with Crippen molar-refractivity contribution < 1.29 is 33.0 Å². The Balaban J connectivity index is 2.86. The van der Waals surface area contributed by atoms with Crippen LogP contribution < -0.4 is 0 Å². The van der Waals surface area contributed by atoms with E-state index in [2.05, 4.69) is 4.98 Å². The molecule has 18 heavy (non-hydrogen) atoms. The standard InChI is InChI=1S/C10H8F3NO4/c11-10(12,13)7-2-1-5(4-14-7)3-6(8(15)16)9(17)18/h1-2,4,6H,3H2,(H,15,16)(H,17,18). The van der Waals surface area contributed by atoms with Crippen LogP contribution in [-0.2, 0) is 22.2 Å². The van der Waals surface area contributed by atoms with E-state index in [-0.39, 0.29) is 5.56 Å². The van der Waals surface area contributed by atoms with Crippen molar-refractivity contribution in [3.63, 3.8) is 0 Å². The molecule has 1 heterocycles. The third-order valence-electron chi connectivity index (χ3n) is 2.15. The fourth-order valence-corrected chi connectivity index (χ4v) is 1.23. The number of aliphatic carboxylic acids is 2. The maximum atomic E-state index is 12.2. The largest absolute Gasteiger partial charge is 0.481 e. The predicted octanol–water partition coefficient (Wildman–Crippen LogP) is 1.43. The monoisotopic (exact) mass is 263 g/mol. The number of nitrogens with zero attached hydrogens (tertiary/aromatic N) is 1. The molecule has 0 fully saturated rings. The van der Waals surface area contributed by atoms with Gasteiger partial charge in [0, 0.05) is 6.20 Å². The van der Waals surface area contributed by atoms with Crippen LogP contribution in [-0.4, -0.2) is 27.1 Å². The molecule has 98 valence electrons. The van der Waals surface area contributed by atoms with Crippen LogP contribution in [0.15, 0.2) is 18.3 Å². The fourth-order valence-electron chi connectivity index (χ4n) is 1.23. The lowest BCUT2D eigenvalue weighted by atomic mass is 10.0. The van der Waals surface area contributed by atoms with Gasteiger partial charge in [0.1, 0.15) is 5.69 Å². The number of aromatic nitrogens is 1. The second-order valence-corrected chi connectivity index (χ2v) is 3.48. The van der Waals surface area contributed by atoms with Gasteiger partial charge in [-0.1, -0.05) is 6.07 Å². The van der Waals surface area contributed by atoms with Crippen molar-refractivity contribution in [2.24, 2.45) is 5.92 Å². The maximum Gasteiger partial charge on any atom is 0.433 e. The van der Waals surface area contributed by atoms with Crippen LogP contribution in [0.1, 0.15) is 11.3 Å². The van der Waals surface area contributed by atoms with E-state index in [1.165, 1.54) is 0 Å². The van der Waals surface area contributed by atoms with Crippen molar-refractivity contribution in [3.8, 4) is 0 Å². The normalized spacial score (nSPS) is 11.6. The lowest BCUT2D eigenvalue weighted by Gasteiger charge is -2.09. The van der Waals surface area contributed by atoms with Crippen molar-refractivity contribution in [1.29, 1.82) is 0 Å². The number of pyridine rings is 1. The maximum absolute atomic E-state index is 12.2. The highest BCUT2D eigenvalue weighted by molar-refractivity contribution is 5.93. The van der Waals surface area contributed by atoms with Gasteiger partial charge < -0.3 is 10.2 Å². The first kappa shape index (κ1) is 13.9. The first-order valence-electron chi connectivity index (χ1n) is 4.69. The summed E-state index contributed by atoms with van der Waals surface area (Å²) in [6.07, 6.45) is -4.19. The number of hydrogen-bond donors (Lipinski definition) is 2. The first-order chi connectivity index (χ1) is 8.21. The van der Waals surface area contributed by atoms with Gasteiger partial charge >= 0.3 is 18.1 Å². The minimum Gasteiger partial charge on any atom is -0.481 e. The molecule has 1 aromatic rings. The zero-order valence-electron chi connectivity index (χ0n) is 8.81. The summed E-state index contributed by atoms with van der Waals surface area (Å²) in [6.45, 7) is 0. The number of rotatable bonds is 4. The van der Waals surface area contributed by atoms with Crippen LogP contribution in [0, 0.1) is 5.92 Å². The average Bonchev–Trinajstić information content (AvgIpc) is 2.24. The Kier molecular flexibility index (Phi) is 3.89. The van der Waals surface area contributed by atoms with Gasteiger partial charge in [-0.05, 0) is 18.1 Å². The lowest BCUT2D eigenvalue weighted by Crippen LogP contribution is -2.25. The van der Waals surface area contributed by atoms with Gasteiger partial charge in [-0.25, -0.2) is 0 Å². The number of hydrogen-bond acceptors (Lipinski definition) is 3. The Morgan fingerprint density at radius 3 is 2.11 bits per heavy atom. The number of halogens is 3. The van der Waals surface area contributed by atoms with Gasteiger partial charge in [-0.15, -0.1) is 0 Å². The molecular formula is C10H8F3NO4. The Hall–Kier alpha value is -2.12. The van der Waals surface area contributed by atoms with E-state index >= 15 is 0 Å². The van der Waals surface area contributed by atoms with Gasteiger partial charge in [0.25, 0.3) is 0 Å². The molecule has 1 rings (SSSR count). The van der Waals surface area contributed by atoms with E-state index < -0.39 is 36.1 Å². The minimum absolute atomic E-state index is 0.109. The van der Waals surface area contributed by atoms with Crippen LogP contribution in [0.4, 0.5) is 13.2 Å². The second-order valence-electron chi connectivity index (χ2n) is 3.48. The van der Waals surface area contributed by atoms with Crippen LogP contribution >= 0.6 is 0 Å². The summed E-state index contributed by atoms with van der Waals surface area (Å²) in [7, 11) is 0. The van der Waals surface area contributed by atoms with Crippen LogP contribution in [0.5, 0.6) is 0 Å². The summed E-state index contributed by atoms with van der Waals surface area (Å²) in [4.78, 5) is 24.3. The molecule has 0 radical (unpaired) electrons. The SMILES string of the molecule is O=C(O)C(Cc1ccc(C(F)(F)F)nc1)C(=O)O. The molecule has 1 aromatic heterocycles. The third kappa shape index (κ3) is 3.44. The highest BCUT2D eigenvalue weighted by Crippen LogP contribution is 2.27. The molecule has 0 bridgehead atoms. The highest BCUT2D eigenvalue weighted by atomic mass is 19.4. The van der Waals surface area contributed by atoms with Crippen LogP contribution in [0.25, 0.3) is 0 Å². The summed E-state index contributed by atoms with van der Waals surface area (Å²) in [6, 6.07) is 1.69. The summed E-state index contributed by atoms with van der Waals surface area (Å²) in [5.41, 5.74) is -1.01.